The second-order valence-electron chi connectivity index (χ2n) is 4.61. The number of hydrogen-bond acceptors (Lipinski definition) is 5. The fourth-order valence-electron chi connectivity index (χ4n) is 1.76. The second-order valence-corrected chi connectivity index (χ2v) is 6.54. The van der Waals surface area contributed by atoms with E-state index < -0.39 is 15.9 Å². The molecule has 0 radical (unpaired) electrons. The van der Waals surface area contributed by atoms with Gasteiger partial charge in [0.2, 0.25) is 22.7 Å². The summed E-state index contributed by atoms with van der Waals surface area (Å²) < 4.78 is 35.8. The number of sulfonamides is 1. The zero-order valence-electron chi connectivity index (χ0n) is 11.7. The predicted molar refractivity (Wildman–Crippen MR) is 77.9 cm³/mol. The molecule has 116 valence electrons. The van der Waals surface area contributed by atoms with Gasteiger partial charge in [-0.25, -0.2) is 13.1 Å². The van der Waals surface area contributed by atoms with E-state index in [-0.39, 0.29) is 19.1 Å². The first-order valence-electron chi connectivity index (χ1n) is 6.67. The topological polar surface area (TPSA) is 93.7 Å². The smallest absolute Gasteiger partial charge is 0.239 e. The maximum Gasteiger partial charge on any atom is 0.239 e. The first-order chi connectivity index (χ1) is 10.00. The molecule has 1 heterocycles. The van der Waals surface area contributed by atoms with Crippen LogP contribution >= 0.6 is 0 Å². The molecule has 1 aromatic carbocycles. The molecule has 1 amide bonds. The van der Waals surface area contributed by atoms with Crippen LogP contribution < -0.4 is 19.5 Å². The van der Waals surface area contributed by atoms with Gasteiger partial charge in [0.15, 0.2) is 11.5 Å². The van der Waals surface area contributed by atoms with E-state index in [2.05, 4.69) is 10.0 Å². The molecule has 0 aromatic heterocycles. The van der Waals surface area contributed by atoms with Gasteiger partial charge in [0.25, 0.3) is 0 Å². The number of hydrogen-bond donors (Lipinski definition) is 2. The summed E-state index contributed by atoms with van der Waals surface area (Å²) in [6.07, 6.45) is 1.35. The van der Waals surface area contributed by atoms with E-state index in [9.17, 15) is 13.2 Å². The lowest BCUT2D eigenvalue weighted by molar-refractivity contribution is -0.115. The van der Waals surface area contributed by atoms with Gasteiger partial charge < -0.3 is 14.8 Å². The third-order valence-corrected chi connectivity index (χ3v) is 4.29. The molecule has 1 aliphatic heterocycles. The molecule has 7 nitrogen and oxygen atoms in total. The summed E-state index contributed by atoms with van der Waals surface area (Å²) >= 11 is 0. The number of fused-ring (bicyclic) bond motifs is 1. The minimum Gasteiger partial charge on any atom is -0.454 e. The van der Waals surface area contributed by atoms with Gasteiger partial charge in [-0.3, -0.25) is 4.79 Å². The minimum absolute atomic E-state index is 0.0286. The Bertz CT molecular complexity index is 615. The predicted octanol–water partition coefficient (Wildman–Crippen LogP) is 1.07. The van der Waals surface area contributed by atoms with Crippen LogP contribution in [0.1, 0.15) is 19.8 Å². The molecule has 21 heavy (non-hydrogen) atoms. The third-order valence-electron chi connectivity index (χ3n) is 2.88. The molecule has 0 saturated heterocycles. The summed E-state index contributed by atoms with van der Waals surface area (Å²) in [5.74, 6) is 0.763. The summed E-state index contributed by atoms with van der Waals surface area (Å²) in [6, 6.07) is 4.98. The van der Waals surface area contributed by atoms with E-state index in [0.717, 1.165) is 6.42 Å². The average Bonchev–Trinajstić information content (AvgIpc) is 2.91. The summed E-state index contributed by atoms with van der Waals surface area (Å²) in [5.41, 5.74) is 0.525. The molecular formula is C13H18N2O5S. The van der Waals surface area contributed by atoms with Crippen LogP contribution in [0.2, 0.25) is 0 Å². The van der Waals surface area contributed by atoms with Crippen molar-refractivity contribution >= 4 is 21.6 Å². The Morgan fingerprint density at radius 3 is 2.81 bits per heavy atom. The zero-order chi connectivity index (χ0) is 15.3. The van der Waals surface area contributed by atoms with Gasteiger partial charge in [0.05, 0.1) is 12.3 Å². The van der Waals surface area contributed by atoms with Gasteiger partial charge >= 0.3 is 0 Å². The highest BCUT2D eigenvalue weighted by molar-refractivity contribution is 7.89. The number of rotatable bonds is 7. The maximum absolute atomic E-state index is 11.7. The van der Waals surface area contributed by atoms with Crippen molar-refractivity contribution in [1.82, 2.24) is 4.72 Å². The van der Waals surface area contributed by atoms with Crippen molar-refractivity contribution in [2.45, 2.75) is 19.8 Å². The van der Waals surface area contributed by atoms with Gasteiger partial charge in [0, 0.05) is 11.8 Å². The van der Waals surface area contributed by atoms with Gasteiger partial charge in [-0.1, -0.05) is 13.3 Å². The van der Waals surface area contributed by atoms with Crippen LogP contribution in [-0.2, 0) is 14.8 Å². The number of unbranched alkanes of at least 4 members (excludes halogenated alkanes) is 1. The SMILES string of the molecule is CCCCS(=O)(=O)NCC(=O)Nc1ccc2c(c1)OCO2. The quantitative estimate of drug-likeness (QED) is 0.785. The van der Waals surface area contributed by atoms with Crippen LogP contribution in [0.3, 0.4) is 0 Å². The zero-order valence-corrected chi connectivity index (χ0v) is 12.5. The number of benzene rings is 1. The third kappa shape index (κ3) is 4.61. The van der Waals surface area contributed by atoms with Crippen molar-refractivity contribution in [2.75, 3.05) is 24.4 Å². The van der Waals surface area contributed by atoms with Crippen molar-refractivity contribution in [2.24, 2.45) is 0 Å². The Morgan fingerprint density at radius 2 is 2.05 bits per heavy atom. The number of amides is 1. The van der Waals surface area contributed by atoms with Crippen LogP contribution in [0.4, 0.5) is 5.69 Å². The minimum atomic E-state index is -3.40. The van der Waals surface area contributed by atoms with E-state index in [1.807, 2.05) is 6.92 Å². The summed E-state index contributed by atoms with van der Waals surface area (Å²) in [4.78, 5) is 11.7. The number of anilines is 1. The second kappa shape index (κ2) is 6.77. The Hall–Kier alpha value is -1.80. The molecule has 1 aliphatic rings. The molecule has 0 spiro atoms. The van der Waals surface area contributed by atoms with Crippen molar-refractivity contribution in [3.8, 4) is 11.5 Å². The Balaban J connectivity index is 1.85. The van der Waals surface area contributed by atoms with Gasteiger partial charge in [-0.2, -0.15) is 0 Å². The standard InChI is InChI=1S/C13H18N2O5S/c1-2-3-6-21(17,18)14-8-13(16)15-10-4-5-11-12(7-10)20-9-19-11/h4-5,7,14H,2-3,6,8-9H2,1H3,(H,15,16). The number of carbonyl (C=O) groups excluding carboxylic acids is 1. The van der Waals surface area contributed by atoms with E-state index >= 15 is 0 Å². The fraction of sp³-hybridized carbons (Fsp3) is 0.462. The number of ether oxygens (including phenoxy) is 2. The lowest BCUT2D eigenvalue weighted by atomic mass is 10.3. The first-order valence-corrected chi connectivity index (χ1v) is 8.32. The molecule has 1 aromatic rings. The largest absolute Gasteiger partial charge is 0.454 e. The first kappa shape index (κ1) is 15.6. The van der Waals surface area contributed by atoms with Gasteiger partial charge in [-0.15, -0.1) is 0 Å². The Kier molecular flexibility index (Phi) is 5.03. The summed E-state index contributed by atoms with van der Waals surface area (Å²) in [7, 11) is -3.40. The number of nitrogens with one attached hydrogen (secondary N) is 2. The highest BCUT2D eigenvalue weighted by Crippen LogP contribution is 2.34. The van der Waals surface area contributed by atoms with Crippen LogP contribution in [0.25, 0.3) is 0 Å². The highest BCUT2D eigenvalue weighted by atomic mass is 32.2. The molecule has 0 atom stereocenters. The molecule has 0 bridgehead atoms. The summed E-state index contributed by atoms with van der Waals surface area (Å²) in [5, 5.41) is 2.60. The lowest BCUT2D eigenvalue weighted by Gasteiger charge is -2.08. The molecule has 0 aliphatic carbocycles. The van der Waals surface area contributed by atoms with Gasteiger partial charge in [-0.05, 0) is 18.6 Å². The molecule has 0 unspecified atom stereocenters. The molecular weight excluding hydrogens is 296 g/mol. The van der Waals surface area contributed by atoms with Crippen LogP contribution in [0, 0.1) is 0 Å². The van der Waals surface area contributed by atoms with Crippen LogP contribution in [0.15, 0.2) is 18.2 Å². The normalized spacial score (nSPS) is 13.2. The van der Waals surface area contributed by atoms with Crippen molar-refractivity contribution in [3.63, 3.8) is 0 Å². The van der Waals surface area contributed by atoms with Crippen molar-refractivity contribution in [3.05, 3.63) is 18.2 Å². The van der Waals surface area contributed by atoms with Crippen LogP contribution in [-0.4, -0.2) is 33.4 Å². The average molecular weight is 314 g/mol. The Morgan fingerprint density at radius 1 is 1.29 bits per heavy atom. The van der Waals surface area contributed by atoms with E-state index in [4.69, 9.17) is 9.47 Å². The highest BCUT2D eigenvalue weighted by Gasteiger charge is 2.15. The van der Waals surface area contributed by atoms with Crippen molar-refractivity contribution < 1.29 is 22.7 Å². The Labute approximate surface area is 123 Å². The molecule has 8 heteroatoms. The molecule has 2 rings (SSSR count). The lowest BCUT2D eigenvalue weighted by Crippen LogP contribution is -2.34. The monoisotopic (exact) mass is 314 g/mol. The van der Waals surface area contributed by atoms with Crippen molar-refractivity contribution in [1.29, 1.82) is 0 Å². The number of carbonyl (C=O) groups is 1. The van der Waals surface area contributed by atoms with E-state index in [1.54, 1.807) is 18.2 Å². The molecule has 0 saturated carbocycles. The van der Waals surface area contributed by atoms with E-state index in [1.165, 1.54) is 0 Å². The fourth-order valence-corrected chi connectivity index (χ4v) is 2.93. The maximum atomic E-state index is 11.7. The molecule has 0 fully saturated rings. The van der Waals surface area contributed by atoms with E-state index in [0.29, 0.717) is 23.6 Å². The molecule has 2 N–H and O–H groups in total. The van der Waals surface area contributed by atoms with Gasteiger partial charge in [0.1, 0.15) is 0 Å². The van der Waals surface area contributed by atoms with Crippen LogP contribution in [0.5, 0.6) is 11.5 Å². The summed E-state index contributed by atoms with van der Waals surface area (Å²) in [6.45, 7) is 1.77.